The number of nitrogens with zero attached hydrogens (tertiary/aromatic N) is 1. The van der Waals surface area contributed by atoms with Gasteiger partial charge in [0.05, 0.1) is 7.11 Å². The summed E-state index contributed by atoms with van der Waals surface area (Å²) >= 11 is 0. The molecule has 0 unspecified atom stereocenters. The SMILES string of the molecule is COc1ccc(/C=C/C(=O)N2CCCCC2=O)cc1. The van der Waals surface area contributed by atoms with Gasteiger partial charge in [-0.1, -0.05) is 12.1 Å². The van der Waals surface area contributed by atoms with Gasteiger partial charge < -0.3 is 4.74 Å². The Balaban J connectivity index is 2.00. The van der Waals surface area contributed by atoms with Crippen LogP contribution >= 0.6 is 0 Å². The van der Waals surface area contributed by atoms with Crippen molar-refractivity contribution in [1.82, 2.24) is 4.90 Å². The van der Waals surface area contributed by atoms with Gasteiger partial charge in [0.15, 0.2) is 0 Å². The van der Waals surface area contributed by atoms with Crippen molar-refractivity contribution < 1.29 is 14.3 Å². The Morgan fingerprint density at radius 1 is 1.26 bits per heavy atom. The van der Waals surface area contributed by atoms with Crippen LogP contribution in [0.1, 0.15) is 24.8 Å². The number of carbonyl (C=O) groups is 2. The van der Waals surface area contributed by atoms with Gasteiger partial charge in [-0.15, -0.1) is 0 Å². The molecule has 0 aromatic heterocycles. The predicted octanol–water partition coefficient (Wildman–Crippen LogP) is 2.25. The Bertz CT molecular complexity index is 491. The fraction of sp³-hybridized carbons (Fsp3) is 0.333. The molecule has 1 heterocycles. The highest BCUT2D eigenvalue weighted by molar-refractivity contribution is 6.03. The molecular formula is C15H17NO3. The van der Waals surface area contributed by atoms with Gasteiger partial charge in [-0.05, 0) is 36.6 Å². The minimum Gasteiger partial charge on any atom is -0.497 e. The minimum absolute atomic E-state index is 0.0735. The number of hydrogen-bond acceptors (Lipinski definition) is 3. The number of imide groups is 1. The van der Waals surface area contributed by atoms with Gasteiger partial charge in [0.1, 0.15) is 5.75 Å². The monoisotopic (exact) mass is 259 g/mol. The highest BCUT2D eigenvalue weighted by Crippen LogP contribution is 2.14. The molecule has 0 spiro atoms. The summed E-state index contributed by atoms with van der Waals surface area (Å²) in [6.45, 7) is 0.532. The number of carbonyl (C=O) groups excluding carboxylic acids is 2. The van der Waals surface area contributed by atoms with Crippen LogP contribution in [0.2, 0.25) is 0 Å². The number of methoxy groups -OCH3 is 1. The number of benzene rings is 1. The maximum atomic E-state index is 11.9. The lowest BCUT2D eigenvalue weighted by molar-refractivity contribution is -0.143. The number of likely N-dealkylation sites (tertiary alicyclic amines) is 1. The maximum Gasteiger partial charge on any atom is 0.253 e. The molecule has 0 radical (unpaired) electrons. The molecule has 2 amide bonds. The lowest BCUT2D eigenvalue weighted by Crippen LogP contribution is -2.39. The van der Waals surface area contributed by atoms with Crippen LogP contribution < -0.4 is 4.74 Å². The second kappa shape index (κ2) is 6.18. The van der Waals surface area contributed by atoms with Crippen LogP contribution in [0.5, 0.6) is 5.75 Å². The second-order valence-corrected chi connectivity index (χ2v) is 4.45. The molecule has 1 aliphatic heterocycles. The van der Waals surface area contributed by atoms with Gasteiger partial charge in [-0.25, -0.2) is 0 Å². The van der Waals surface area contributed by atoms with E-state index < -0.39 is 0 Å². The Hall–Kier alpha value is -2.10. The average molecular weight is 259 g/mol. The standard InChI is InChI=1S/C15H17NO3/c1-19-13-8-5-12(6-9-13)7-10-15(18)16-11-3-2-4-14(16)17/h5-10H,2-4,11H2,1H3/b10-7+. The number of hydrogen-bond donors (Lipinski definition) is 0. The van der Waals surface area contributed by atoms with Gasteiger partial charge >= 0.3 is 0 Å². The van der Waals surface area contributed by atoms with E-state index in [9.17, 15) is 9.59 Å². The molecule has 4 nitrogen and oxygen atoms in total. The molecule has 0 saturated carbocycles. The predicted molar refractivity (Wildman–Crippen MR) is 72.6 cm³/mol. The molecule has 2 rings (SSSR count). The van der Waals surface area contributed by atoms with E-state index in [1.807, 2.05) is 24.3 Å². The first kappa shape index (κ1) is 13.3. The zero-order valence-electron chi connectivity index (χ0n) is 11.0. The summed E-state index contributed by atoms with van der Waals surface area (Å²) in [4.78, 5) is 24.8. The van der Waals surface area contributed by atoms with Crippen molar-refractivity contribution in [2.75, 3.05) is 13.7 Å². The van der Waals surface area contributed by atoms with E-state index in [2.05, 4.69) is 0 Å². The summed E-state index contributed by atoms with van der Waals surface area (Å²) in [5.41, 5.74) is 0.901. The lowest BCUT2D eigenvalue weighted by Gasteiger charge is -2.23. The number of rotatable bonds is 3. The van der Waals surface area contributed by atoms with Crippen molar-refractivity contribution in [2.45, 2.75) is 19.3 Å². The lowest BCUT2D eigenvalue weighted by atomic mass is 10.1. The number of amides is 2. The summed E-state index contributed by atoms with van der Waals surface area (Å²) in [6.07, 6.45) is 5.41. The van der Waals surface area contributed by atoms with Crippen LogP contribution in [0.25, 0.3) is 6.08 Å². The van der Waals surface area contributed by atoms with Gasteiger partial charge in [0.2, 0.25) is 5.91 Å². The molecule has 0 atom stereocenters. The molecule has 1 aliphatic rings. The van der Waals surface area contributed by atoms with Crippen molar-refractivity contribution in [1.29, 1.82) is 0 Å². The zero-order valence-corrected chi connectivity index (χ0v) is 11.0. The fourth-order valence-corrected chi connectivity index (χ4v) is 2.01. The van der Waals surface area contributed by atoms with E-state index >= 15 is 0 Å². The Morgan fingerprint density at radius 3 is 2.63 bits per heavy atom. The van der Waals surface area contributed by atoms with Crippen LogP contribution in [0.4, 0.5) is 0 Å². The van der Waals surface area contributed by atoms with E-state index in [1.54, 1.807) is 13.2 Å². The first-order valence-corrected chi connectivity index (χ1v) is 6.37. The molecule has 19 heavy (non-hydrogen) atoms. The first-order valence-electron chi connectivity index (χ1n) is 6.37. The molecule has 0 bridgehead atoms. The quantitative estimate of drug-likeness (QED) is 0.782. The maximum absolute atomic E-state index is 11.9. The molecule has 100 valence electrons. The molecular weight excluding hydrogens is 242 g/mol. The van der Waals surface area contributed by atoms with Crippen LogP contribution in [-0.4, -0.2) is 30.4 Å². The average Bonchev–Trinajstić information content (AvgIpc) is 2.46. The van der Waals surface area contributed by atoms with E-state index in [-0.39, 0.29) is 11.8 Å². The number of ether oxygens (including phenoxy) is 1. The summed E-state index contributed by atoms with van der Waals surface area (Å²) in [5.74, 6) is 0.464. The third-order valence-corrected chi connectivity index (χ3v) is 3.12. The van der Waals surface area contributed by atoms with Crippen LogP contribution in [0.15, 0.2) is 30.3 Å². The number of piperidine rings is 1. The van der Waals surface area contributed by atoms with Gasteiger partial charge in [0, 0.05) is 19.0 Å². The molecule has 1 aromatic carbocycles. The summed E-state index contributed by atoms with van der Waals surface area (Å²) in [7, 11) is 1.61. The molecule has 1 fully saturated rings. The minimum atomic E-state index is -0.236. The first-order chi connectivity index (χ1) is 9.20. The topological polar surface area (TPSA) is 46.6 Å². The van der Waals surface area contributed by atoms with Crippen molar-refractivity contribution >= 4 is 17.9 Å². The van der Waals surface area contributed by atoms with Crippen molar-refractivity contribution in [3.05, 3.63) is 35.9 Å². The van der Waals surface area contributed by atoms with E-state index in [0.29, 0.717) is 13.0 Å². The van der Waals surface area contributed by atoms with Gasteiger partial charge in [-0.2, -0.15) is 0 Å². The molecule has 0 aliphatic carbocycles. The van der Waals surface area contributed by atoms with Gasteiger partial charge in [-0.3, -0.25) is 14.5 Å². The van der Waals surface area contributed by atoms with Crippen molar-refractivity contribution in [3.8, 4) is 5.75 Å². The largest absolute Gasteiger partial charge is 0.497 e. The summed E-state index contributed by atoms with van der Waals surface area (Å²) in [6, 6.07) is 7.38. The molecule has 4 heteroatoms. The normalized spacial score (nSPS) is 15.8. The highest BCUT2D eigenvalue weighted by atomic mass is 16.5. The third-order valence-electron chi connectivity index (χ3n) is 3.12. The van der Waals surface area contributed by atoms with Crippen LogP contribution in [-0.2, 0) is 9.59 Å². The summed E-state index contributed by atoms with van der Waals surface area (Å²) in [5, 5.41) is 0. The van der Waals surface area contributed by atoms with Crippen LogP contribution in [0, 0.1) is 0 Å². The molecule has 1 saturated heterocycles. The van der Waals surface area contributed by atoms with E-state index in [1.165, 1.54) is 11.0 Å². The second-order valence-electron chi connectivity index (χ2n) is 4.45. The Labute approximate surface area is 112 Å². The van der Waals surface area contributed by atoms with Crippen molar-refractivity contribution in [3.63, 3.8) is 0 Å². The van der Waals surface area contributed by atoms with E-state index in [4.69, 9.17) is 4.74 Å². The molecule has 1 aromatic rings. The highest BCUT2D eigenvalue weighted by Gasteiger charge is 2.22. The van der Waals surface area contributed by atoms with Crippen LogP contribution in [0.3, 0.4) is 0 Å². The summed E-state index contributed by atoms with van der Waals surface area (Å²) < 4.78 is 5.06. The fourth-order valence-electron chi connectivity index (χ4n) is 2.01. The van der Waals surface area contributed by atoms with Gasteiger partial charge in [0.25, 0.3) is 5.91 Å². The smallest absolute Gasteiger partial charge is 0.253 e. The van der Waals surface area contributed by atoms with E-state index in [0.717, 1.165) is 24.2 Å². The zero-order chi connectivity index (χ0) is 13.7. The Morgan fingerprint density at radius 2 is 2.00 bits per heavy atom. The Kier molecular flexibility index (Phi) is 4.34. The third kappa shape index (κ3) is 3.44. The molecule has 0 N–H and O–H groups in total. The van der Waals surface area contributed by atoms with Crippen molar-refractivity contribution in [2.24, 2.45) is 0 Å².